The molecule has 1 aliphatic carbocycles. The van der Waals surface area contributed by atoms with Crippen LogP contribution >= 0.6 is 0 Å². The fourth-order valence-electron chi connectivity index (χ4n) is 0.750. The molecule has 52 valence electrons. The highest BCUT2D eigenvalue weighted by atomic mass is 15.3. The fraction of sp³-hybridized carbons (Fsp3) is 0.800. The first-order valence-electron chi connectivity index (χ1n) is 3.13. The van der Waals surface area contributed by atoms with Gasteiger partial charge in [0.25, 0.3) is 0 Å². The van der Waals surface area contributed by atoms with Gasteiger partial charge >= 0.3 is 0 Å². The van der Waals surface area contributed by atoms with E-state index >= 15 is 0 Å². The third kappa shape index (κ3) is 1.57. The number of hydrogen-bond donors (Lipinski definition) is 3. The summed E-state index contributed by atoms with van der Waals surface area (Å²) >= 11 is 0. The zero-order chi connectivity index (χ0) is 6.69. The van der Waals surface area contributed by atoms with Gasteiger partial charge in [0.2, 0.25) is 5.96 Å². The lowest BCUT2D eigenvalue weighted by Crippen LogP contribution is -2.38. The van der Waals surface area contributed by atoms with E-state index < -0.39 is 0 Å². The Balaban J connectivity index is 2.27. The summed E-state index contributed by atoms with van der Waals surface area (Å²) in [5.41, 5.74) is 7.59. The largest absolute Gasteiger partial charge is 0.369 e. The van der Waals surface area contributed by atoms with Crippen molar-refractivity contribution in [2.75, 3.05) is 0 Å². The molecule has 0 radical (unpaired) electrons. The molecule has 1 rings (SSSR count). The van der Waals surface area contributed by atoms with E-state index in [-0.39, 0.29) is 0 Å². The van der Waals surface area contributed by atoms with Gasteiger partial charge in [0, 0.05) is 0 Å². The summed E-state index contributed by atoms with van der Waals surface area (Å²) in [6, 6.07) is 0.432. The molecule has 0 heterocycles. The number of nitrogens with two attached hydrogens (primary N) is 2. The molecule has 1 saturated carbocycles. The van der Waals surface area contributed by atoms with Gasteiger partial charge in [-0.25, -0.2) is 10.8 Å². The van der Waals surface area contributed by atoms with Gasteiger partial charge in [0.1, 0.15) is 0 Å². The maximum atomic E-state index is 5.30. The van der Waals surface area contributed by atoms with Gasteiger partial charge in [0.05, 0.1) is 6.04 Å². The van der Waals surface area contributed by atoms with Gasteiger partial charge in [-0.05, 0) is 19.3 Å². The van der Waals surface area contributed by atoms with E-state index in [1.54, 1.807) is 0 Å². The topological polar surface area (TPSA) is 76.4 Å². The van der Waals surface area contributed by atoms with Gasteiger partial charge in [0.15, 0.2) is 0 Å². The van der Waals surface area contributed by atoms with Crippen LogP contribution in [0.25, 0.3) is 0 Å². The summed E-state index contributed by atoms with van der Waals surface area (Å²) in [5, 5.41) is 0. The van der Waals surface area contributed by atoms with E-state index in [1.807, 2.05) is 0 Å². The number of nitrogens with one attached hydrogen (secondary N) is 1. The van der Waals surface area contributed by atoms with Crippen molar-refractivity contribution >= 4 is 5.96 Å². The molecular weight excluding hydrogens is 116 g/mol. The third-order valence-corrected chi connectivity index (χ3v) is 1.54. The summed E-state index contributed by atoms with van der Waals surface area (Å²) in [6.07, 6.45) is 3.58. The van der Waals surface area contributed by atoms with E-state index in [9.17, 15) is 0 Å². The van der Waals surface area contributed by atoms with Crippen molar-refractivity contribution in [3.63, 3.8) is 0 Å². The Morgan fingerprint density at radius 3 is 2.56 bits per heavy atom. The van der Waals surface area contributed by atoms with E-state index in [2.05, 4.69) is 10.4 Å². The molecule has 0 spiro atoms. The first kappa shape index (κ1) is 6.35. The van der Waals surface area contributed by atoms with Crippen LogP contribution in [0.1, 0.15) is 19.3 Å². The minimum absolute atomic E-state index is 0.347. The number of aliphatic imine (C=N–C) groups is 1. The molecule has 9 heavy (non-hydrogen) atoms. The van der Waals surface area contributed by atoms with Crippen molar-refractivity contribution in [1.82, 2.24) is 5.43 Å². The Kier molecular flexibility index (Phi) is 1.89. The molecule has 1 fully saturated rings. The van der Waals surface area contributed by atoms with Crippen LogP contribution in [0, 0.1) is 0 Å². The van der Waals surface area contributed by atoms with Crippen molar-refractivity contribution in [3.05, 3.63) is 0 Å². The lowest BCUT2D eigenvalue weighted by atomic mass is 9.94. The average molecular weight is 128 g/mol. The van der Waals surface area contributed by atoms with Crippen LogP contribution in [0.2, 0.25) is 0 Å². The summed E-state index contributed by atoms with van der Waals surface area (Å²) in [4.78, 5) is 4.06. The maximum absolute atomic E-state index is 5.30. The minimum Gasteiger partial charge on any atom is -0.369 e. The molecule has 0 aromatic rings. The summed E-state index contributed by atoms with van der Waals surface area (Å²) in [6.45, 7) is 0. The molecule has 0 aliphatic heterocycles. The van der Waals surface area contributed by atoms with Gasteiger partial charge in [-0.15, -0.1) is 0 Å². The standard InChI is InChI=1S/C5H12N4/c6-5(9-7)8-4-2-1-3-4/h4H,1-3,7H2,(H3,6,8,9). The highest BCUT2D eigenvalue weighted by Gasteiger charge is 2.15. The minimum atomic E-state index is 0.347. The number of guanidine groups is 1. The SMILES string of the molecule is NNC(N)=NC1CCC1. The first-order valence-corrected chi connectivity index (χ1v) is 3.13. The van der Waals surface area contributed by atoms with Crippen LogP contribution < -0.4 is 17.0 Å². The number of hydrogen-bond acceptors (Lipinski definition) is 2. The van der Waals surface area contributed by atoms with Crippen LogP contribution in [0.15, 0.2) is 4.99 Å². The van der Waals surface area contributed by atoms with Crippen molar-refractivity contribution in [2.45, 2.75) is 25.3 Å². The highest BCUT2D eigenvalue weighted by Crippen LogP contribution is 2.21. The predicted octanol–water partition coefficient (Wildman–Crippen LogP) is -0.683. The summed E-state index contributed by atoms with van der Waals surface area (Å²) < 4.78 is 0. The molecule has 4 heteroatoms. The predicted molar refractivity (Wildman–Crippen MR) is 36.6 cm³/mol. The lowest BCUT2D eigenvalue weighted by molar-refractivity contribution is 0.418. The summed E-state index contributed by atoms with van der Waals surface area (Å²) in [7, 11) is 0. The van der Waals surface area contributed by atoms with Crippen LogP contribution in [-0.4, -0.2) is 12.0 Å². The normalized spacial score (nSPS) is 21.2. The van der Waals surface area contributed by atoms with Crippen molar-refractivity contribution in [2.24, 2.45) is 16.6 Å². The van der Waals surface area contributed by atoms with Crippen LogP contribution in [-0.2, 0) is 0 Å². The maximum Gasteiger partial charge on any atom is 0.203 e. The smallest absolute Gasteiger partial charge is 0.203 e. The van der Waals surface area contributed by atoms with Crippen LogP contribution in [0.5, 0.6) is 0 Å². The molecule has 0 unspecified atom stereocenters. The molecule has 0 aromatic carbocycles. The van der Waals surface area contributed by atoms with E-state index in [1.165, 1.54) is 6.42 Å². The Labute approximate surface area is 54.3 Å². The quantitative estimate of drug-likeness (QED) is 0.189. The van der Waals surface area contributed by atoms with Gasteiger partial charge in [-0.2, -0.15) is 0 Å². The summed E-state index contributed by atoms with van der Waals surface area (Å²) in [5.74, 6) is 5.34. The zero-order valence-electron chi connectivity index (χ0n) is 5.30. The fourth-order valence-corrected chi connectivity index (χ4v) is 0.750. The number of hydrazine groups is 1. The molecule has 5 N–H and O–H groups in total. The van der Waals surface area contributed by atoms with Crippen LogP contribution in [0.4, 0.5) is 0 Å². The monoisotopic (exact) mass is 128 g/mol. The van der Waals surface area contributed by atoms with Crippen molar-refractivity contribution in [1.29, 1.82) is 0 Å². The van der Waals surface area contributed by atoms with Gasteiger partial charge < -0.3 is 5.73 Å². The molecule has 0 aromatic heterocycles. The molecule has 1 aliphatic rings. The van der Waals surface area contributed by atoms with Crippen LogP contribution in [0.3, 0.4) is 0 Å². The molecule has 0 bridgehead atoms. The molecule has 0 amide bonds. The number of nitrogens with zero attached hydrogens (tertiary/aromatic N) is 1. The second kappa shape index (κ2) is 2.68. The highest BCUT2D eigenvalue weighted by molar-refractivity contribution is 5.77. The Hall–Kier alpha value is -0.770. The third-order valence-electron chi connectivity index (χ3n) is 1.54. The molecule has 0 saturated heterocycles. The average Bonchev–Trinajstić information content (AvgIpc) is 1.78. The van der Waals surface area contributed by atoms with E-state index in [0.717, 1.165) is 12.8 Å². The second-order valence-corrected chi connectivity index (χ2v) is 2.24. The molecule has 4 nitrogen and oxygen atoms in total. The molecular formula is C5H12N4. The molecule has 0 atom stereocenters. The van der Waals surface area contributed by atoms with Crippen molar-refractivity contribution in [3.8, 4) is 0 Å². The number of rotatable bonds is 1. The lowest BCUT2D eigenvalue weighted by Gasteiger charge is -2.20. The van der Waals surface area contributed by atoms with Crippen molar-refractivity contribution < 1.29 is 0 Å². The first-order chi connectivity index (χ1) is 4.33. The Morgan fingerprint density at radius 1 is 1.56 bits per heavy atom. The van der Waals surface area contributed by atoms with Gasteiger partial charge in [-0.3, -0.25) is 5.43 Å². The Morgan fingerprint density at radius 2 is 2.22 bits per heavy atom. The Bertz CT molecular complexity index is 116. The second-order valence-electron chi connectivity index (χ2n) is 2.24. The van der Waals surface area contributed by atoms with E-state index in [0.29, 0.717) is 12.0 Å². The van der Waals surface area contributed by atoms with Gasteiger partial charge in [-0.1, -0.05) is 0 Å². The zero-order valence-corrected chi connectivity index (χ0v) is 5.30. The van der Waals surface area contributed by atoms with E-state index in [4.69, 9.17) is 11.6 Å².